The third-order valence-electron chi connectivity index (χ3n) is 7.52. The Morgan fingerprint density at radius 2 is 1.89 bits per heavy atom. The van der Waals surface area contributed by atoms with E-state index < -0.39 is 23.5 Å². The molecule has 1 aliphatic rings. The molecule has 14 heteroatoms. The molecule has 4 rings (SSSR count). The first-order valence-corrected chi connectivity index (χ1v) is 16.3. The van der Waals surface area contributed by atoms with E-state index in [0.29, 0.717) is 34.7 Å². The summed E-state index contributed by atoms with van der Waals surface area (Å²) in [6.45, 7) is 7.43. The van der Waals surface area contributed by atoms with Crippen molar-refractivity contribution in [1.29, 1.82) is 0 Å². The highest BCUT2D eigenvalue weighted by atomic mass is 32.3. The molecule has 1 unspecified atom stereocenters. The van der Waals surface area contributed by atoms with Gasteiger partial charge < -0.3 is 29.4 Å². The number of fused-ring (bicyclic) bond motifs is 1. The zero-order valence-corrected chi connectivity index (χ0v) is 27.0. The van der Waals surface area contributed by atoms with Gasteiger partial charge >= 0.3 is 6.18 Å². The number of hydrogen-bond donors (Lipinski definition) is 5. The van der Waals surface area contributed by atoms with Crippen LogP contribution in [-0.4, -0.2) is 83.9 Å². The second kappa shape index (κ2) is 15.3. The van der Waals surface area contributed by atoms with Crippen molar-refractivity contribution in [3.05, 3.63) is 60.5 Å². The Labute approximate surface area is 269 Å². The van der Waals surface area contributed by atoms with Gasteiger partial charge in [-0.25, -0.2) is 5.14 Å². The maximum atomic E-state index is 13.7. The summed E-state index contributed by atoms with van der Waals surface area (Å²) >= 11 is 0. The van der Waals surface area contributed by atoms with E-state index >= 15 is 0 Å². The zero-order chi connectivity index (χ0) is 33.5. The van der Waals surface area contributed by atoms with E-state index in [-0.39, 0.29) is 29.3 Å². The quantitative estimate of drug-likeness (QED) is 0.109. The molecular formula is C32H42F3N5O5S. The predicted octanol–water partition coefficient (Wildman–Crippen LogP) is 6.10. The lowest BCUT2D eigenvalue weighted by atomic mass is 10.0. The van der Waals surface area contributed by atoms with E-state index in [1.165, 1.54) is 23.8 Å². The minimum Gasteiger partial charge on any atom is -0.495 e. The minimum atomic E-state index is -4.44. The van der Waals surface area contributed by atoms with E-state index in [9.17, 15) is 22.3 Å². The summed E-state index contributed by atoms with van der Waals surface area (Å²) in [6.07, 6.45) is -2.83. The molecule has 2 heterocycles. The average molecular weight is 666 g/mol. The molecule has 1 aliphatic heterocycles. The molecule has 0 bridgehead atoms. The summed E-state index contributed by atoms with van der Waals surface area (Å²) in [5.74, 6) is 6.76. The van der Waals surface area contributed by atoms with Crippen molar-refractivity contribution in [2.45, 2.75) is 49.5 Å². The molecule has 0 saturated carbocycles. The smallest absolute Gasteiger partial charge is 0.406 e. The van der Waals surface area contributed by atoms with Gasteiger partial charge in [-0.3, -0.25) is 14.0 Å². The molecule has 1 atom stereocenters. The number of alkyl halides is 3. The van der Waals surface area contributed by atoms with Crippen molar-refractivity contribution < 1.29 is 36.5 Å². The van der Waals surface area contributed by atoms with Gasteiger partial charge in [0.2, 0.25) is 0 Å². The number of nitrogens with two attached hydrogens (primary N) is 1. The fourth-order valence-electron chi connectivity index (χ4n) is 5.50. The van der Waals surface area contributed by atoms with Crippen molar-refractivity contribution in [3.8, 4) is 17.6 Å². The number of methoxy groups -OCH3 is 2. The van der Waals surface area contributed by atoms with Gasteiger partial charge in [0.05, 0.1) is 47.8 Å². The Kier molecular flexibility index (Phi) is 11.8. The standard InChI is InChI=1S/C32H42F3N5O5S/c1-22(2)45-25(20-43-3)19-39-15-12-23(13-16-39)38-28-8-5-9-30-27(28)17-24(40(30)21-32(33,34)35)7-6-14-37-29-11-10-26(46(36,41)42)18-31(29)44-4/h5,8-11,17-18,23,25,37-38,41-42H,1,12-16,19-21,36H2,2-4H3. The lowest BCUT2D eigenvalue weighted by molar-refractivity contribution is -0.140. The molecule has 46 heavy (non-hydrogen) atoms. The third-order valence-corrected chi connectivity index (χ3v) is 8.46. The highest BCUT2D eigenvalue weighted by Crippen LogP contribution is 2.43. The van der Waals surface area contributed by atoms with Crippen molar-refractivity contribution in [3.63, 3.8) is 0 Å². The number of ether oxygens (including phenoxy) is 3. The molecule has 6 N–H and O–H groups in total. The van der Waals surface area contributed by atoms with Crippen LogP contribution in [0.4, 0.5) is 24.5 Å². The molecule has 1 saturated heterocycles. The van der Waals surface area contributed by atoms with Crippen molar-refractivity contribution in [1.82, 2.24) is 9.47 Å². The topological polar surface area (TPSA) is 126 Å². The van der Waals surface area contributed by atoms with Crippen molar-refractivity contribution in [2.75, 3.05) is 57.6 Å². The van der Waals surface area contributed by atoms with Crippen LogP contribution in [0, 0.1) is 11.8 Å². The van der Waals surface area contributed by atoms with E-state index in [1.807, 2.05) is 13.0 Å². The first kappa shape index (κ1) is 35.3. The van der Waals surface area contributed by atoms with Crippen LogP contribution < -0.4 is 20.5 Å². The lowest BCUT2D eigenvalue weighted by Gasteiger charge is -2.35. The largest absolute Gasteiger partial charge is 0.495 e. The summed E-state index contributed by atoms with van der Waals surface area (Å²) < 4.78 is 78.0. The fourth-order valence-corrected chi connectivity index (χ4v) is 6.05. The summed E-state index contributed by atoms with van der Waals surface area (Å²) in [5, 5.41) is 12.7. The first-order valence-electron chi connectivity index (χ1n) is 14.7. The number of likely N-dealkylation sites (tertiary alicyclic amines) is 1. The van der Waals surface area contributed by atoms with Gasteiger partial charge in [0, 0.05) is 49.9 Å². The molecule has 2 aromatic carbocycles. The number of halogens is 3. The van der Waals surface area contributed by atoms with Gasteiger partial charge in [-0.1, -0.05) is 18.6 Å². The van der Waals surface area contributed by atoms with E-state index in [0.717, 1.165) is 38.2 Å². The highest BCUT2D eigenvalue weighted by molar-refractivity contribution is 8.22. The van der Waals surface area contributed by atoms with Gasteiger partial charge in [0.15, 0.2) is 0 Å². The van der Waals surface area contributed by atoms with Crippen molar-refractivity contribution in [2.24, 2.45) is 5.14 Å². The predicted molar refractivity (Wildman–Crippen MR) is 176 cm³/mol. The molecule has 1 aromatic heterocycles. The molecular weight excluding hydrogens is 623 g/mol. The maximum Gasteiger partial charge on any atom is 0.406 e. The number of anilines is 2. The Balaban J connectivity index is 1.49. The number of hydrogen-bond acceptors (Lipinski definition) is 9. The number of nitrogens with one attached hydrogen (secondary N) is 2. The average Bonchev–Trinajstić information content (AvgIpc) is 3.32. The molecule has 3 aromatic rings. The summed E-state index contributed by atoms with van der Waals surface area (Å²) in [5.41, 5.74) is 1.94. The second-order valence-corrected chi connectivity index (χ2v) is 12.9. The van der Waals surface area contributed by atoms with Crippen molar-refractivity contribution >= 4 is 33.1 Å². The number of benzene rings is 2. The van der Waals surface area contributed by atoms with E-state index in [4.69, 9.17) is 19.3 Å². The summed E-state index contributed by atoms with van der Waals surface area (Å²) in [7, 11) is -0.362. The Bertz CT molecular complexity index is 1560. The van der Waals surface area contributed by atoms with Gasteiger partial charge in [-0.2, -0.15) is 13.2 Å². The number of rotatable bonds is 13. The van der Waals surface area contributed by atoms with Crippen LogP contribution in [0.15, 0.2) is 59.7 Å². The van der Waals surface area contributed by atoms with Gasteiger partial charge in [0.25, 0.3) is 0 Å². The zero-order valence-electron chi connectivity index (χ0n) is 26.2. The summed E-state index contributed by atoms with van der Waals surface area (Å²) in [4.78, 5) is 2.43. The highest BCUT2D eigenvalue weighted by Gasteiger charge is 2.30. The van der Waals surface area contributed by atoms with Gasteiger partial charge in [0.1, 0.15) is 18.4 Å². The monoisotopic (exact) mass is 665 g/mol. The van der Waals surface area contributed by atoms with Crippen LogP contribution in [0.5, 0.6) is 5.75 Å². The third kappa shape index (κ3) is 9.71. The Morgan fingerprint density at radius 3 is 2.52 bits per heavy atom. The molecule has 0 spiro atoms. The van der Waals surface area contributed by atoms with Gasteiger partial charge in [-0.05, 0) is 56.0 Å². The molecule has 10 nitrogen and oxygen atoms in total. The minimum absolute atomic E-state index is 0.0917. The van der Waals surface area contributed by atoms with Crippen LogP contribution in [0.25, 0.3) is 10.9 Å². The normalized spacial score (nSPS) is 15.6. The number of allylic oxidation sites excluding steroid dienone is 1. The van der Waals surface area contributed by atoms with E-state index in [1.54, 1.807) is 31.4 Å². The summed E-state index contributed by atoms with van der Waals surface area (Å²) in [6, 6.07) is 11.6. The maximum absolute atomic E-state index is 13.7. The molecule has 252 valence electrons. The number of aromatic nitrogens is 1. The molecule has 0 aliphatic carbocycles. The lowest BCUT2D eigenvalue weighted by Crippen LogP contribution is -2.44. The van der Waals surface area contributed by atoms with Gasteiger partial charge in [-0.15, -0.1) is 10.8 Å². The molecule has 1 fully saturated rings. The number of piperidine rings is 1. The van der Waals surface area contributed by atoms with Crippen LogP contribution in [0.2, 0.25) is 0 Å². The molecule has 0 amide bonds. The van der Waals surface area contributed by atoms with Crippen LogP contribution >= 0.6 is 10.8 Å². The van der Waals surface area contributed by atoms with E-state index in [2.05, 4.69) is 34.0 Å². The molecule has 0 radical (unpaired) electrons. The number of nitrogens with zero attached hydrogens (tertiary/aromatic N) is 2. The van der Waals surface area contributed by atoms with Crippen LogP contribution in [-0.2, 0) is 16.0 Å². The Morgan fingerprint density at radius 1 is 1.15 bits per heavy atom. The fraction of sp³-hybridized carbons (Fsp3) is 0.438. The van der Waals surface area contributed by atoms with Crippen LogP contribution in [0.3, 0.4) is 0 Å². The second-order valence-electron chi connectivity index (χ2n) is 11.2. The first-order chi connectivity index (χ1) is 21.8. The SMILES string of the molecule is C=C(C)OC(COC)CN1CCC(Nc2cccc3c2cc(C#CCNc2ccc(S(N)(O)O)cc2OC)n3CC(F)(F)F)CC1. The Hall–Kier alpha value is -3.58. The van der Waals surface area contributed by atoms with Crippen LogP contribution in [0.1, 0.15) is 25.5 Å².